The van der Waals surface area contributed by atoms with E-state index in [9.17, 15) is 4.79 Å². The van der Waals surface area contributed by atoms with Crippen LogP contribution in [0.2, 0.25) is 0 Å². The Labute approximate surface area is 202 Å². The Bertz CT molecular complexity index is 827. The predicted molar refractivity (Wildman–Crippen MR) is 136 cm³/mol. The molecular weight excluding hydrogens is 503 g/mol. The van der Waals surface area contributed by atoms with E-state index in [0.29, 0.717) is 26.1 Å². The van der Waals surface area contributed by atoms with Gasteiger partial charge in [0.05, 0.1) is 13.1 Å². The van der Waals surface area contributed by atoms with Crippen LogP contribution in [0.4, 0.5) is 0 Å². The number of amides is 1. The number of hydrogen-bond donors (Lipinski definition) is 1. The summed E-state index contributed by atoms with van der Waals surface area (Å²) in [4.78, 5) is 20.6. The number of nitrogens with one attached hydrogen (secondary N) is 1. The monoisotopic (exact) mass is 536 g/mol. The van der Waals surface area contributed by atoms with Crippen molar-refractivity contribution in [1.29, 1.82) is 0 Å². The Morgan fingerprint density at radius 3 is 2.48 bits per heavy atom. The predicted octanol–water partition coefficient (Wildman–Crippen LogP) is 3.90. The molecule has 1 aliphatic rings. The minimum atomic E-state index is 0. The van der Waals surface area contributed by atoms with E-state index in [2.05, 4.69) is 41.4 Å². The van der Waals surface area contributed by atoms with Crippen LogP contribution in [-0.4, -0.2) is 55.0 Å². The molecule has 168 valence electrons. The van der Waals surface area contributed by atoms with E-state index in [1.54, 1.807) is 0 Å². The maximum absolute atomic E-state index is 11.8. The highest BCUT2D eigenvalue weighted by Gasteiger charge is 2.19. The van der Waals surface area contributed by atoms with Crippen LogP contribution in [0, 0.1) is 0 Å². The highest BCUT2D eigenvalue weighted by Crippen LogP contribution is 2.15. The molecule has 0 aliphatic carbocycles. The molecule has 3 rings (SSSR count). The first-order chi connectivity index (χ1) is 14.7. The molecule has 0 atom stereocenters. The van der Waals surface area contributed by atoms with Gasteiger partial charge in [0.15, 0.2) is 5.96 Å². The summed E-state index contributed by atoms with van der Waals surface area (Å²) >= 11 is 0. The maximum Gasteiger partial charge on any atom is 0.222 e. The van der Waals surface area contributed by atoms with E-state index >= 15 is 0 Å². The lowest BCUT2D eigenvalue weighted by Gasteiger charge is -2.22. The van der Waals surface area contributed by atoms with Crippen LogP contribution in [0.5, 0.6) is 5.75 Å². The second-order valence-electron chi connectivity index (χ2n) is 7.49. The van der Waals surface area contributed by atoms with Crippen molar-refractivity contribution in [3.05, 3.63) is 65.7 Å². The largest absolute Gasteiger partial charge is 0.492 e. The molecule has 1 heterocycles. The van der Waals surface area contributed by atoms with Crippen molar-refractivity contribution in [2.45, 2.75) is 32.9 Å². The van der Waals surface area contributed by atoms with Gasteiger partial charge in [-0.15, -0.1) is 24.0 Å². The molecule has 2 aromatic rings. The summed E-state index contributed by atoms with van der Waals surface area (Å²) < 4.78 is 5.79. The van der Waals surface area contributed by atoms with E-state index in [1.807, 2.05) is 42.3 Å². The minimum Gasteiger partial charge on any atom is -0.492 e. The average Bonchev–Trinajstić information content (AvgIpc) is 3.17. The Balaban J connectivity index is 0.00000341. The van der Waals surface area contributed by atoms with E-state index in [0.717, 1.165) is 43.3 Å². The van der Waals surface area contributed by atoms with Gasteiger partial charge >= 0.3 is 0 Å². The van der Waals surface area contributed by atoms with Crippen molar-refractivity contribution in [2.75, 3.05) is 33.3 Å². The zero-order valence-corrected chi connectivity index (χ0v) is 20.7. The number of para-hydroxylation sites is 1. The molecule has 31 heavy (non-hydrogen) atoms. The van der Waals surface area contributed by atoms with E-state index in [4.69, 9.17) is 9.73 Å². The maximum atomic E-state index is 11.8. The van der Waals surface area contributed by atoms with Crippen molar-refractivity contribution >= 4 is 35.8 Å². The molecule has 7 heteroatoms. The molecule has 6 nitrogen and oxygen atoms in total. The topological polar surface area (TPSA) is 57.2 Å². The lowest BCUT2D eigenvalue weighted by molar-refractivity contribution is -0.128. The number of rotatable bonds is 9. The molecule has 0 bridgehead atoms. The van der Waals surface area contributed by atoms with Crippen LogP contribution in [0.25, 0.3) is 0 Å². The number of aliphatic imine (C=N–C) groups is 1. The number of nitrogens with zero attached hydrogens (tertiary/aromatic N) is 3. The van der Waals surface area contributed by atoms with Gasteiger partial charge in [0.2, 0.25) is 5.91 Å². The fourth-order valence-electron chi connectivity index (χ4n) is 3.40. The van der Waals surface area contributed by atoms with Crippen molar-refractivity contribution in [3.8, 4) is 5.75 Å². The third kappa shape index (κ3) is 8.05. The summed E-state index contributed by atoms with van der Waals surface area (Å²) in [6, 6.07) is 18.2. The van der Waals surface area contributed by atoms with E-state index < -0.39 is 0 Å². The number of carbonyl (C=O) groups excluding carboxylic acids is 1. The first-order valence-corrected chi connectivity index (χ1v) is 10.7. The number of guanidine groups is 1. The van der Waals surface area contributed by atoms with Gasteiger partial charge in [0.1, 0.15) is 12.4 Å². The first kappa shape index (κ1) is 25.0. The second kappa shape index (κ2) is 13.2. The zero-order valence-electron chi connectivity index (χ0n) is 18.4. The fraction of sp³-hybridized carbons (Fsp3) is 0.417. The van der Waals surface area contributed by atoms with Gasteiger partial charge in [0.25, 0.3) is 0 Å². The number of benzene rings is 2. The van der Waals surface area contributed by atoms with Crippen molar-refractivity contribution < 1.29 is 9.53 Å². The van der Waals surface area contributed by atoms with E-state index in [1.165, 1.54) is 5.56 Å². The normalized spacial score (nSPS) is 13.7. The van der Waals surface area contributed by atoms with Crippen LogP contribution < -0.4 is 10.1 Å². The van der Waals surface area contributed by atoms with Crippen molar-refractivity contribution in [2.24, 2.45) is 4.99 Å². The standard InChI is InChI=1S/C24H32N4O2.HI/c1-3-25-24(27(2)16-17-30-22-8-5-4-6-9-22)26-18-20-11-13-21(14-12-20)19-28-15-7-10-23(28)29;/h4-6,8-9,11-14H,3,7,10,15-19H2,1-2H3,(H,25,26);1H. The number of likely N-dealkylation sites (tertiary alicyclic amines) is 1. The molecule has 0 aromatic heterocycles. The molecule has 1 amide bonds. The van der Waals surface area contributed by atoms with Crippen LogP contribution in [0.3, 0.4) is 0 Å². The second-order valence-corrected chi connectivity index (χ2v) is 7.49. The van der Waals surface area contributed by atoms with Crippen LogP contribution in [-0.2, 0) is 17.9 Å². The smallest absolute Gasteiger partial charge is 0.222 e. The molecule has 2 aromatic carbocycles. The van der Waals surface area contributed by atoms with Gasteiger partial charge in [-0.1, -0.05) is 42.5 Å². The van der Waals surface area contributed by atoms with Crippen LogP contribution >= 0.6 is 24.0 Å². The SMILES string of the molecule is CCNC(=NCc1ccc(CN2CCCC2=O)cc1)N(C)CCOc1ccccc1.I. The lowest BCUT2D eigenvalue weighted by Crippen LogP contribution is -2.40. The summed E-state index contributed by atoms with van der Waals surface area (Å²) in [6.45, 7) is 6.39. The highest BCUT2D eigenvalue weighted by atomic mass is 127. The van der Waals surface area contributed by atoms with Gasteiger partial charge in [-0.25, -0.2) is 4.99 Å². The summed E-state index contributed by atoms with van der Waals surface area (Å²) in [7, 11) is 2.02. The molecule has 0 radical (unpaired) electrons. The van der Waals surface area contributed by atoms with Crippen molar-refractivity contribution in [1.82, 2.24) is 15.1 Å². The number of hydrogen-bond acceptors (Lipinski definition) is 3. The Hall–Kier alpha value is -2.29. The third-order valence-electron chi connectivity index (χ3n) is 5.11. The Kier molecular flexibility index (Phi) is 10.6. The molecular formula is C24H33IN4O2. The first-order valence-electron chi connectivity index (χ1n) is 10.7. The number of ether oxygens (including phenoxy) is 1. The van der Waals surface area contributed by atoms with Crippen LogP contribution in [0.15, 0.2) is 59.6 Å². The zero-order chi connectivity index (χ0) is 21.2. The molecule has 1 aliphatic heterocycles. The molecule has 1 fully saturated rings. The molecule has 0 spiro atoms. The van der Waals surface area contributed by atoms with Crippen molar-refractivity contribution in [3.63, 3.8) is 0 Å². The number of likely N-dealkylation sites (N-methyl/N-ethyl adjacent to an activating group) is 1. The van der Waals surface area contributed by atoms with Gasteiger partial charge in [-0.2, -0.15) is 0 Å². The Morgan fingerprint density at radius 1 is 1.13 bits per heavy atom. The van der Waals surface area contributed by atoms with Gasteiger partial charge in [0, 0.05) is 33.1 Å². The fourth-order valence-corrected chi connectivity index (χ4v) is 3.40. The minimum absolute atomic E-state index is 0. The van der Waals surface area contributed by atoms with Gasteiger partial charge < -0.3 is 19.9 Å². The summed E-state index contributed by atoms with van der Waals surface area (Å²) in [5.41, 5.74) is 2.32. The number of halogens is 1. The molecule has 1 saturated heterocycles. The quantitative estimate of drug-likeness (QED) is 0.300. The van der Waals surface area contributed by atoms with Gasteiger partial charge in [-0.3, -0.25) is 4.79 Å². The average molecular weight is 536 g/mol. The lowest BCUT2D eigenvalue weighted by atomic mass is 10.1. The summed E-state index contributed by atoms with van der Waals surface area (Å²) in [6.07, 6.45) is 1.66. The summed E-state index contributed by atoms with van der Waals surface area (Å²) in [5, 5.41) is 3.34. The molecule has 0 unspecified atom stereocenters. The number of carbonyl (C=O) groups is 1. The van der Waals surface area contributed by atoms with Gasteiger partial charge in [-0.05, 0) is 36.6 Å². The summed E-state index contributed by atoms with van der Waals surface area (Å²) in [5.74, 6) is 2.00. The van der Waals surface area contributed by atoms with Crippen LogP contribution in [0.1, 0.15) is 30.9 Å². The Morgan fingerprint density at radius 2 is 1.84 bits per heavy atom. The highest BCUT2D eigenvalue weighted by molar-refractivity contribution is 14.0. The molecule has 1 N–H and O–H groups in total. The van der Waals surface area contributed by atoms with E-state index in [-0.39, 0.29) is 29.9 Å². The third-order valence-corrected chi connectivity index (χ3v) is 5.11. The molecule has 0 saturated carbocycles.